The van der Waals surface area contributed by atoms with Crippen molar-refractivity contribution < 1.29 is 19.0 Å². The van der Waals surface area contributed by atoms with Gasteiger partial charge in [0.25, 0.3) is 0 Å². The van der Waals surface area contributed by atoms with Gasteiger partial charge in [-0.3, -0.25) is 0 Å². The number of ether oxygens (including phenoxy) is 1. The first-order valence-electron chi connectivity index (χ1n) is 5.25. The lowest BCUT2D eigenvalue weighted by atomic mass is 10.1. The molecule has 0 spiro atoms. The van der Waals surface area contributed by atoms with Gasteiger partial charge in [0, 0.05) is 12.6 Å². The van der Waals surface area contributed by atoms with Gasteiger partial charge in [0.15, 0.2) is 0 Å². The van der Waals surface area contributed by atoms with Crippen molar-refractivity contribution in [2.45, 2.75) is 6.54 Å². The van der Waals surface area contributed by atoms with E-state index in [0.29, 0.717) is 5.56 Å². The number of carbonyl (C=O) groups excluding carboxylic acids is 1. The zero-order valence-corrected chi connectivity index (χ0v) is 9.89. The van der Waals surface area contributed by atoms with Crippen molar-refractivity contribution in [3.05, 3.63) is 35.1 Å². The Labute approximate surface area is 104 Å². The van der Waals surface area contributed by atoms with E-state index in [-0.39, 0.29) is 25.3 Å². The summed E-state index contributed by atoms with van der Waals surface area (Å²) in [4.78, 5) is 12.5. The molecule has 1 N–H and O–H groups in total. The van der Waals surface area contributed by atoms with Gasteiger partial charge in [0.05, 0.1) is 24.8 Å². The van der Waals surface area contributed by atoms with Crippen LogP contribution in [0, 0.1) is 17.1 Å². The van der Waals surface area contributed by atoms with Gasteiger partial charge in [-0.15, -0.1) is 0 Å². The number of nitriles is 1. The Morgan fingerprint density at radius 2 is 2.33 bits per heavy atom. The molecule has 1 aromatic carbocycles. The minimum Gasteiger partial charge on any atom is -0.447 e. The molecular formula is C12H13FN2O3. The van der Waals surface area contributed by atoms with Crippen LogP contribution in [0.1, 0.15) is 11.1 Å². The molecule has 0 saturated heterocycles. The summed E-state index contributed by atoms with van der Waals surface area (Å²) in [5.41, 5.74) is 0.557. The molecule has 96 valence electrons. The topological polar surface area (TPSA) is 73.6 Å². The molecule has 0 aliphatic heterocycles. The van der Waals surface area contributed by atoms with E-state index in [1.54, 1.807) is 0 Å². The molecular weight excluding hydrogens is 239 g/mol. The second-order valence-electron chi connectivity index (χ2n) is 3.61. The van der Waals surface area contributed by atoms with Gasteiger partial charge in [0.2, 0.25) is 0 Å². The highest BCUT2D eigenvalue weighted by molar-refractivity contribution is 5.67. The summed E-state index contributed by atoms with van der Waals surface area (Å²) >= 11 is 0. The number of benzene rings is 1. The molecule has 1 aromatic rings. The quantitative estimate of drug-likeness (QED) is 0.875. The zero-order valence-electron chi connectivity index (χ0n) is 9.89. The Bertz CT molecular complexity index is 471. The second-order valence-corrected chi connectivity index (χ2v) is 3.61. The maximum atomic E-state index is 13.5. The van der Waals surface area contributed by atoms with Gasteiger partial charge in [-0.2, -0.15) is 5.26 Å². The lowest BCUT2D eigenvalue weighted by Crippen LogP contribution is -2.28. The third-order valence-corrected chi connectivity index (χ3v) is 2.21. The minimum atomic E-state index is -0.661. The van der Waals surface area contributed by atoms with Crippen LogP contribution >= 0.6 is 0 Å². The number of halogens is 1. The van der Waals surface area contributed by atoms with E-state index in [1.165, 1.54) is 25.2 Å². The fourth-order valence-electron chi connectivity index (χ4n) is 1.33. The van der Waals surface area contributed by atoms with Crippen molar-refractivity contribution in [1.29, 1.82) is 5.26 Å². The molecule has 0 aromatic heterocycles. The molecule has 1 amide bonds. The molecule has 0 fully saturated rings. The Morgan fingerprint density at radius 1 is 1.61 bits per heavy atom. The van der Waals surface area contributed by atoms with Crippen LogP contribution in [0.4, 0.5) is 9.18 Å². The molecule has 0 aliphatic rings. The second kappa shape index (κ2) is 6.57. The van der Waals surface area contributed by atoms with Crippen molar-refractivity contribution in [1.82, 2.24) is 4.90 Å². The van der Waals surface area contributed by atoms with E-state index in [1.807, 2.05) is 6.07 Å². The number of nitrogens with zero attached hydrogens (tertiary/aromatic N) is 2. The van der Waals surface area contributed by atoms with Crippen LogP contribution in [0.5, 0.6) is 0 Å². The first-order chi connectivity index (χ1) is 8.58. The van der Waals surface area contributed by atoms with Crippen LogP contribution in [0.2, 0.25) is 0 Å². The Morgan fingerprint density at radius 3 is 2.94 bits per heavy atom. The molecule has 5 nitrogen and oxygen atoms in total. The van der Waals surface area contributed by atoms with Crippen molar-refractivity contribution in [3.8, 4) is 6.07 Å². The molecule has 0 unspecified atom stereocenters. The predicted octanol–water partition coefficient (Wildman–Crippen LogP) is 1.26. The molecule has 1 rings (SSSR count). The third kappa shape index (κ3) is 3.71. The summed E-state index contributed by atoms with van der Waals surface area (Å²) < 4.78 is 18.1. The first kappa shape index (κ1) is 13.9. The van der Waals surface area contributed by atoms with Crippen molar-refractivity contribution in [2.75, 3.05) is 20.3 Å². The molecule has 0 heterocycles. The summed E-state index contributed by atoms with van der Waals surface area (Å²) in [5, 5.41) is 17.2. The van der Waals surface area contributed by atoms with E-state index in [4.69, 9.17) is 10.4 Å². The van der Waals surface area contributed by atoms with Crippen molar-refractivity contribution in [2.24, 2.45) is 0 Å². The number of aliphatic hydroxyl groups excluding tert-OH is 1. The number of hydrogen-bond acceptors (Lipinski definition) is 4. The number of hydrogen-bond donors (Lipinski definition) is 1. The lowest BCUT2D eigenvalue weighted by molar-refractivity contribution is 0.0891. The Kier molecular flexibility index (Phi) is 5.08. The number of rotatable bonds is 4. The SMILES string of the molecule is CN(Cc1cc(C#N)ccc1F)C(=O)OCCO. The molecule has 6 heteroatoms. The van der Waals surface area contributed by atoms with E-state index >= 15 is 0 Å². The molecule has 18 heavy (non-hydrogen) atoms. The highest BCUT2D eigenvalue weighted by atomic mass is 19.1. The summed E-state index contributed by atoms with van der Waals surface area (Å²) in [7, 11) is 1.44. The van der Waals surface area contributed by atoms with Crippen LogP contribution in [0.25, 0.3) is 0 Å². The lowest BCUT2D eigenvalue weighted by Gasteiger charge is -2.17. The smallest absolute Gasteiger partial charge is 0.409 e. The van der Waals surface area contributed by atoms with E-state index in [9.17, 15) is 9.18 Å². The predicted molar refractivity (Wildman–Crippen MR) is 61.0 cm³/mol. The average molecular weight is 252 g/mol. The fraction of sp³-hybridized carbons (Fsp3) is 0.333. The van der Waals surface area contributed by atoms with Gasteiger partial charge >= 0.3 is 6.09 Å². The van der Waals surface area contributed by atoms with E-state index in [2.05, 4.69) is 4.74 Å². The monoisotopic (exact) mass is 252 g/mol. The molecule has 0 saturated carbocycles. The summed E-state index contributed by atoms with van der Waals surface area (Å²) in [6.07, 6.45) is -0.661. The summed E-state index contributed by atoms with van der Waals surface area (Å²) in [6.45, 7) is -0.382. The van der Waals surface area contributed by atoms with Gasteiger partial charge < -0.3 is 14.7 Å². The Hall–Kier alpha value is -2.13. The molecule has 0 bridgehead atoms. The first-order valence-corrected chi connectivity index (χ1v) is 5.25. The van der Waals surface area contributed by atoms with Gasteiger partial charge in [-0.05, 0) is 18.2 Å². The van der Waals surface area contributed by atoms with Crippen LogP contribution in [-0.4, -0.2) is 36.4 Å². The highest BCUT2D eigenvalue weighted by Gasteiger charge is 2.13. The van der Waals surface area contributed by atoms with Crippen LogP contribution in [-0.2, 0) is 11.3 Å². The average Bonchev–Trinajstić information content (AvgIpc) is 2.38. The molecule has 0 aliphatic carbocycles. The number of carbonyl (C=O) groups is 1. The molecule has 0 radical (unpaired) electrons. The standard InChI is InChI=1S/C12H13FN2O3/c1-15(12(17)18-5-4-16)8-10-6-9(7-14)2-3-11(10)13/h2-3,6,16H,4-5,8H2,1H3. The maximum Gasteiger partial charge on any atom is 0.409 e. The van der Waals surface area contributed by atoms with E-state index < -0.39 is 11.9 Å². The van der Waals surface area contributed by atoms with E-state index in [0.717, 1.165) is 4.90 Å². The fourth-order valence-corrected chi connectivity index (χ4v) is 1.33. The minimum absolute atomic E-state index is 0.00832. The third-order valence-electron chi connectivity index (χ3n) is 2.21. The largest absolute Gasteiger partial charge is 0.447 e. The van der Waals surface area contributed by atoms with Crippen molar-refractivity contribution >= 4 is 6.09 Å². The van der Waals surface area contributed by atoms with Crippen molar-refractivity contribution in [3.63, 3.8) is 0 Å². The summed E-state index contributed by atoms with van der Waals surface area (Å²) in [5.74, 6) is -0.490. The van der Waals surface area contributed by atoms with Crippen LogP contribution in [0.3, 0.4) is 0 Å². The van der Waals surface area contributed by atoms with Gasteiger partial charge in [0.1, 0.15) is 12.4 Å². The summed E-state index contributed by atoms with van der Waals surface area (Å²) in [6, 6.07) is 5.82. The van der Waals surface area contributed by atoms with Gasteiger partial charge in [-0.1, -0.05) is 0 Å². The highest BCUT2D eigenvalue weighted by Crippen LogP contribution is 2.12. The normalized spacial score (nSPS) is 9.67. The van der Waals surface area contributed by atoms with Crippen LogP contribution < -0.4 is 0 Å². The Balaban J connectivity index is 2.72. The maximum absolute atomic E-state index is 13.5. The number of amides is 1. The molecule has 0 atom stereocenters. The van der Waals surface area contributed by atoms with Crippen LogP contribution in [0.15, 0.2) is 18.2 Å². The van der Waals surface area contributed by atoms with Gasteiger partial charge in [-0.25, -0.2) is 9.18 Å². The number of aliphatic hydroxyl groups is 1. The zero-order chi connectivity index (χ0) is 13.5.